The Bertz CT molecular complexity index is 1970. The third-order valence-electron chi connectivity index (χ3n) is 13.9. The summed E-state index contributed by atoms with van der Waals surface area (Å²) in [6.07, 6.45) is 20.4. The lowest BCUT2D eigenvalue weighted by molar-refractivity contribution is -0.146. The molecular weight excluding hydrogens is 1030 g/mol. The first-order valence-electron chi connectivity index (χ1n) is 28.7. The Morgan fingerprint density at radius 2 is 0.835 bits per heavy atom. The maximum atomic E-state index is 12.8. The number of carboxylic acids is 5. The van der Waals surface area contributed by atoms with Crippen LogP contribution in [0.15, 0.2) is 12.5 Å². The summed E-state index contributed by atoms with van der Waals surface area (Å²) in [6, 6.07) is 0. The molecule has 8 N–H and O–H groups in total. The van der Waals surface area contributed by atoms with E-state index in [4.69, 9.17) is 14.6 Å². The second-order valence-corrected chi connectivity index (χ2v) is 20.7. The number of Topliss-reactive ketones (excluding diaryl/α,β-unsaturated/α-hetero) is 4. The van der Waals surface area contributed by atoms with Crippen molar-refractivity contribution < 1.29 is 89.2 Å². The van der Waals surface area contributed by atoms with Gasteiger partial charge in [0.1, 0.15) is 29.7 Å². The van der Waals surface area contributed by atoms with Crippen molar-refractivity contribution in [3.63, 3.8) is 0 Å². The summed E-state index contributed by atoms with van der Waals surface area (Å²) in [5.74, 6) is -12.2. The molecule has 0 aliphatic carbocycles. The molecule has 0 radical (unpaired) electrons. The number of carbonyl (C=O) groups excluding carboxylic acids is 6. The minimum Gasteiger partial charge on any atom is -0.481 e. The van der Waals surface area contributed by atoms with Crippen LogP contribution in [0.1, 0.15) is 213 Å². The van der Waals surface area contributed by atoms with Gasteiger partial charge in [0.2, 0.25) is 11.8 Å². The van der Waals surface area contributed by atoms with E-state index >= 15 is 0 Å². The van der Waals surface area contributed by atoms with E-state index in [-0.39, 0.29) is 123 Å². The number of unbranched alkanes of at least 4 members (excludes halogenated alkanes) is 16. The van der Waals surface area contributed by atoms with Gasteiger partial charge in [-0.3, -0.25) is 52.7 Å². The molecule has 22 heteroatoms. The van der Waals surface area contributed by atoms with Crippen LogP contribution in [-0.2, 0) is 68.6 Å². The topological polar surface area (TPSA) is 360 Å². The van der Waals surface area contributed by atoms with Crippen LogP contribution in [-0.4, -0.2) is 140 Å². The van der Waals surface area contributed by atoms with Crippen LogP contribution in [0.3, 0.4) is 0 Å². The highest BCUT2D eigenvalue weighted by atomic mass is 16.5. The summed E-state index contributed by atoms with van der Waals surface area (Å²) in [5.41, 5.74) is 0.801. The molecule has 1 aromatic heterocycles. The Morgan fingerprint density at radius 1 is 0.430 bits per heavy atom. The standard InChI is InChI=1S/C57H92N4O18.H2/c62-47(20-15-13-11-9-7-5-3-1-2-4-6-8-10-12-14-16-21-53(68)69)36-43(55(72)73)22-26-48(63)37-44(56(74)75)23-27-49(64)38-45(57(76)77)24-29-51(66)60-31-32-78-33-34-79-40-52(67)59-30-18-17-19-42(54(70)71)35-50(65)28-25-46-39-58-41-61-46;/h39,41-45H,1-38,40H2,(H,58,61)(H,59,67)(H,60,66)(H,68,69)(H,70,71)(H,72,73)(H,74,75)(H,76,77);1H/t42-,43-,44-,45-;/m1./s1. The van der Waals surface area contributed by atoms with E-state index in [0.29, 0.717) is 38.6 Å². The number of ether oxygens (including phenoxy) is 2. The molecule has 0 bridgehead atoms. The fourth-order valence-corrected chi connectivity index (χ4v) is 9.03. The molecule has 1 rings (SSSR count). The van der Waals surface area contributed by atoms with Gasteiger partial charge in [0.25, 0.3) is 0 Å². The number of hydrogen-bond donors (Lipinski definition) is 8. The fourth-order valence-electron chi connectivity index (χ4n) is 9.03. The molecular formula is C57H94N4O18. The summed E-state index contributed by atoms with van der Waals surface area (Å²) in [6.45, 7) is 0.456. The zero-order valence-corrected chi connectivity index (χ0v) is 46.5. The quantitative estimate of drug-likeness (QED) is 0.0285. The van der Waals surface area contributed by atoms with Crippen molar-refractivity contribution in [2.75, 3.05) is 39.5 Å². The lowest BCUT2D eigenvalue weighted by atomic mass is 9.89. The number of imidazole rings is 1. The van der Waals surface area contributed by atoms with Gasteiger partial charge >= 0.3 is 29.8 Å². The minimum atomic E-state index is -1.33. The number of rotatable bonds is 56. The number of H-pyrrole nitrogens is 1. The summed E-state index contributed by atoms with van der Waals surface area (Å²) in [5, 5.41) is 52.6. The van der Waals surface area contributed by atoms with E-state index in [9.17, 15) is 73.2 Å². The molecule has 22 nitrogen and oxygen atoms in total. The van der Waals surface area contributed by atoms with Gasteiger partial charge in [0, 0.05) is 90.6 Å². The third-order valence-corrected chi connectivity index (χ3v) is 13.9. The second-order valence-electron chi connectivity index (χ2n) is 20.7. The SMILES string of the molecule is O=C(O)CCCCCCCCCCCCCCCCCCC(=O)C[C@@H](CCC(=O)C[C@@H](CCC(=O)C[C@@H](CCC(=O)NCCOCCOCC(=O)NCCCC[C@H](CC(=O)CCc1cnc[nH]1)C(=O)O)C(=O)O)C(=O)O)C(=O)O.[HH]. The number of aliphatic carboxylic acids is 5. The van der Waals surface area contributed by atoms with Gasteiger partial charge in [-0.05, 0) is 51.4 Å². The second kappa shape index (κ2) is 45.9. The third kappa shape index (κ3) is 40.9. The van der Waals surface area contributed by atoms with Crippen molar-refractivity contribution in [2.45, 2.75) is 212 Å². The summed E-state index contributed by atoms with van der Waals surface area (Å²) in [4.78, 5) is 140. The predicted molar refractivity (Wildman–Crippen MR) is 292 cm³/mol. The van der Waals surface area contributed by atoms with Crippen molar-refractivity contribution in [3.05, 3.63) is 18.2 Å². The average Bonchev–Trinajstić information content (AvgIpc) is 3.93. The number of aromatic amines is 1. The molecule has 1 aromatic rings. The number of hydrogen-bond acceptors (Lipinski definition) is 14. The number of aromatic nitrogens is 2. The molecule has 79 heavy (non-hydrogen) atoms. The zero-order chi connectivity index (χ0) is 58.5. The molecule has 0 spiro atoms. The van der Waals surface area contributed by atoms with Gasteiger partial charge in [-0.1, -0.05) is 96.3 Å². The van der Waals surface area contributed by atoms with Gasteiger partial charge in [0.15, 0.2) is 0 Å². The molecule has 1 heterocycles. The van der Waals surface area contributed by atoms with Crippen LogP contribution in [0.4, 0.5) is 0 Å². The zero-order valence-electron chi connectivity index (χ0n) is 46.5. The van der Waals surface area contributed by atoms with E-state index in [2.05, 4.69) is 20.6 Å². The van der Waals surface area contributed by atoms with Crippen LogP contribution in [0.5, 0.6) is 0 Å². The molecule has 4 atom stereocenters. The number of nitrogens with zero attached hydrogens (tertiary/aromatic N) is 1. The first-order valence-corrected chi connectivity index (χ1v) is 28.7. The van der Waals surface area contributed by atoms with Gasteiger partial charge in [0.05, 0.1) is 49.8 Å². The summed E-state index contributed by atoms with van der Waals surface area (Å²) in [7, 11) is 0. The highest BCUT2D eigenvalue weighted by Crippen LogP contribution is 2.22. The molecule has 0 aromatic carbocycles. The highest BCUT2D eigenvalue weighted by molar-refractivity contribution is 5.88. The number of aryl methyl sites for hydroxylation is 1. The normalized spacial score (nSPS) is 12.7. The maximum absolute atomic E-state index is 12.8. The molecule has 450 valence electrons. The first-order chi connectivity index (χ1) is 37.9. The Hall–Kier alpha value is -5.90. The number of ketones is 4. The Balaban J connectivity index is 0.0000624. The van der Waals surface area contributed by atoms with Gasteiger partial charge in [-0.25, -0.2) is 4.98 Å². The lowest BCUT2D eigenvalue weighted by Gasteiger charge is -2.15. The van der Waals surface area contributed by atoms with E-state index < -0.39 is 83.8 Å². The summed E-state index contributed by atoms with van der Waals surface area (Å²) >= 11 is 0. The molecule has 2 amide bonds. The Kier molecular flexibility index (Phi) is 41.3. The van der Waals surface area contributed by atoms with Crippen molar-refractivity contribution >= 4 is 64.8 Å². The van der Waals surface area contributed by atoms with Crippen molar-refractivity contribution in [3.8, 4) is 0 Å². The number of carbonyl (C=O) groups is 11. The average molecular weight is 1120 g/mol. The summed E-state index contributed by atoms with van der Waals surface area (Å²) < 4.78 is 10.7. The first kappa shape index (κ1) is 71.1. The molecule has 0 fully saturated rings. The highest BCUT2D eigenvalue weighted by Gasteiger charge is 2.28. The smallest absolute Gasteiger partial charge is 0.306 e. The predicted octanol–water partition coefficient (Wildman–Crippen LogP) is 8.11. The number of amides is 2. The minimum absolute atomic E-state index is 0. The maximum Gasteiger partial charge on any atom is 0.306 e. The largest absolute Gasteiger partial charge is 0.481 e. The Labute approximate surface area is 466 Å². The van der Waals surface area contributed by atoms with Crippen molar-refractivity contribution in [1.29, 1.82) is 0 Å². The number of carboxylic acid groups (broad SMARTS) is 5. The van der Waals surface area contributed by atoms with Crippen LogP contribution in [0, 0.1) is 23.7 Å². The fraction of sp³-hybridized carbons (Fsp3) is 0.754. The number of nitrogens with one attached hydrogen (secondary N) is 3. The van der Waals surface area contributed by atoms with Gasteiger partial charge in [-0.15, -0.1) is 0 Å². The molecule has 0 unspecified atom stereocenters. The van der Waals surface area contributed by atoms with Crippen LogP contribution < -0.4 is 10.6 Å². The van der Waals surface area contributed by atoms with Crippen LogP contribution >= 0.6 is 0 Å². The molecule has 0 saturated carbocycles. The van der Waals surface area contributed by atoms with Gasteiger partial charge < -0.3 is 50.6 Å². The monoisotopic (exact) mass is 1120 g/mol. The van der Waals surface area contributed by atoms with Crippen LogP contribution in [0.25, 0.3) is 0 Å². The van der Waals surface area contributed by atoms with E-state index in [1.54, 1.807) is 6.20 Å². The van der Waals surface area contributed by atoms with Gasteiger partial charge in [-0.2, -0.15) is 0 Å². The molecule has 0 aliphatic heterocycles. The van der Waals surface area contributed by atoms with E-state index in [0.717, 1.165) is 50.6 Å². The van der Waals surface area contributed by atoms with Crippen molar-refractivity contribution in [2.24, 2.45) is 23.7 Å². The van der Waals surface area contributed by atoms with Crippen LogP contribution in [0.2, 0.25) is 0 Å². The Morgan fingerprint density at radius 3 is 1.29 bits per heavy atom. The lowest BCUT2D eigenvalue weighted by Crippen LogP contribution is -2.30. The van der Waals surface area contributed by atoms with E-state index in [1.165, 1.54) is 57.7 Å². The molecule has 0 aliphatic rings. The van der Waals surface area contributed by atoms with E-state index in [1.807, 2.05) is 0 Å². The molecule has 0 saturated heterocycles. The van der Waals surface area contributed by atoms with Crippen molar-refractivity contribution in [1.82, 2.24) is 20.6 Å².